The fourth-order valence-electron chi connectivity index (χ4n) is 2.08. The van der Waals surface area contributed by atoms with Crippen LogP contribution in [-0.2, 0) is 14.6 Å². The van der Waals surface area contributed by atoms with Crippen LogP contribution in [0.1, 0.15) is 22.3 Å². The van der Waals surface area contributed by atoms with Crippen LogP contribution in [0.4, 0.5) is 0 Å². The summed E-state index contributed by atoms with van der Waals surface area (Å²) in [5, 5.41) is 7.16. The molecule has 112 valence electrons. The van der Waals surface area contributed by atoms with Crippen LogP contribution < -0.4 is 11.5 Å². The van der Waals surface area contributed by atoms with Gasteiger partial charge in [0.25, 0.3) is 0 Å². The quantitative estimate of drug-likeness (QED) is 0.739. The molecule has 1 aromatic rings. The van der Waals surface area contributed by atoms with Crippen LogP contribution in [0, 0.1) is 27.7 Å². The molecule has 0 saturated heterocycles. The number of carboxylic acid groups (broad SMARTS) is 1. The minimum absolute atomic E-state index is 0.0826. The van der Waals surface area contributed by atoms with Crippen LogP contribution in [0.3, 0.4) is 0 Å². The van der Waals surface area contributed by atoms with Crippen molar-refractivity contribution < 1.29 is 18.3 Å². The van der Waals surface area contributed by atoms with Gasteiger partial charge in [-0.1, -0.05) is 6.07 Å². The predicted octanol–water partition coefficient (Wildman–Crippen LogP) is 0.391. The molecule has 2 atom stereocenters. The molecule has 0 heterocycles. The number of benzene rings is 1. The maximum atomic E-state index is 12.6. The molecule has 1 unspecified atom stereocenters. The number of hydrogen-bond donors (Lipinski definition) is 3. The molecule has 0 aliphatic heterocycles. The van der Waals surface area contributed by atoms with Gasteiger partial charge in [0.15, 0.2) is 9.84 Å². The number of carbonyl (C=O) groups is 1. The molecule has 1 rings (SSSR count). The van der Waals surface area contributed by atoms with Crippen molar-refractivity contribution >= 4 is 15.8 Å². The maximum absolute atomic E-state index is 12.6. The van der Waals surface area contributed by atoms with Crippen molar-refractivity contribution in [2.75, 3.05) is 0 Å². The molecule has 0 aromatic heterocycles. The molecular weight excluding hydrogens is 280 g/mol. The monoisotopic (exact) mass is 300 g/mol. The first-order chi connectivity index (χ1) is 9.01. The van der Waals surface area contributed by atoms with Gasteiger partial charge in [0.05, 0.1) is 4.90 Å². The molecule has 0 aliphatic carbocycles. The van der Waals surface area contributed by atoms with E-state index in [1.54, 1.807) is 27.7 Å². The lowest BCUT2D eigenvalue weighted by molar-refractivity contribution is -0.138. The molecule has 0 saturated carbocycles. The van der Waals surface area contributed by atoms with Gasteiger partial charge in [-0.05, 0) is 49.9 Å². The zero-order chi connectivity index (χ0) is 15.8. The Morgan fingerprint density at radius 2 is 1.50 bits per heavy atom. The third-order valence-corrected chi connectivity index (χ3v) is 5.77. The Bertz CT molecular complexity index is 627. The van der Waals surface area contributed by atoms with Crippen LogP contribution in [0.5, 0.6) is 0 Å². The van der Waals surface area contributed by atoms with Crippen molar-refractivity contribution in [2.24, 2.45) is 11.5 Å². The van der Waals surface area contributed by atoms with Crippen molar-refractivity contribution in [3.8, 4) is 0 Å². The van der Waals surface area contributed by atoms with Crippen LogP contribution in [-0.4, -0.2) is 30.9 Å². The number of hydrogen-bond acceptors (Lipinski definition) is 5. The van der Waals surface area contributed by atoms with E-state index in [0.29, 0.717) is 11.1 Å². The standard InChI is InChI=1S/C13H20N2O4S/c1-6-5-7(2)9(4)11(8(6)3)20(18,19)12(15)10(14)13(16)17/h5,10,12H,14-15H2,1-4H3,(H,16,17)/t10?,12-/m0/s1. The summed E-state index contributed by atoms with van der Waals surface area (Å²) in [6.45, 7) is 6.94. The molecule has 7 heteroatoms. The predicted molar refractivity (Wildman–Crippen MR) is 76.2 cm³/mol. The summed E-state index contributed by atoms with van der Waals surface area (Å²) >= 11 is 0. The van der Waals surface area contributed by atoms with E-state index in [1.807, 2.05) is 6.07 Å². The second-order valence-electron chi connectivity index (χ2n) is 4.96. The number of rotatable bonds is 4. The Kier molecular flexibility index (Phi) is 4.58. The molecule has 0 fully saturated rings. The van der Waals surface area contributed by atoms with E-state index in [4.69, 9.17) is 16.6 Å². The maximum Gasteiger partial charge on any atom is 0.323 e. The number of aryl methyl sites for hydroxylation is 2. The highest BCUT2D eigenvalue weighted by atomic mass is 32.2. The summed E-state index contributed by atoms with van der Waals surface area (Å²) in [4.78, 5) is 10.9. The van der Waals surface area contributed by atoms with Crippen LogP contribution in [0.15, 0.2) is 11.0 Å². The SMILES string of the molecule is Cc1cc(C)c(C)c(S(=O)(=O)[C@H](N)C(N)C(=O)O)c1C. The zero-order valence-corrected chi connectivity index (χ0v) is 12.8. The summed E-state index contributed by atoms with van der Waals surface area (Å²) in [7, 11) is -4.02. The lowest BCUT2D eigenvalue weighted by Crippen LogP contribution is -2.51. The second kappa shape index (κ2) is 5.51. The third kappa shape index (κ3) is 2.70. The highest BCUT2D eigenvalue weighted by Gasteiger charge is 2.36. The Morgan fingerprint density at radius 3 is 1.85 bits per heavy atom. The van der Waals surface area contributed by atoms with Crippen molar-refractivity contribution in [1.82, 2.24) is 0 Å². The van der Waals surface area contributed by atoms with Gasteiger partial charge in [0, 0.05) is 0 Å². The molecule has 0 radical (unpaired) electrons. The third-order valence-electron chi connectivity index (χ3n) is 3.58. The lowest BCUT2D eigenvalue weighted by atomic mass is 10.0. The molecule has 0 aliphatic rings. The normalized spacial score (nSPS) is 14.9. The number of aliphatic carboxylic acids is 1. The second-order valence-corrected chi connectivity index (χ2v) is 7.01. The molecule has 20 heavy (non-hydrogen) atoms. The van der Waals surface area contributed by atoms with E-state index in [9.17, 15) is 13.2 Å². The van der Waals surface area contributed by atoms with E-state index >= 15 is 0 Å². The average Bonchev–Trinajstić information content (AvgIpc) is 2.34. The summed E-state index contributed by atoms with van der Waals surface area (Å²) in [5.74, 6) is -1.44. The fourth-order valence-corrected chi connectivity index (χ4v) is 4.03. The average molecular weight is 300 g/mol. The summed E-state index contributed by atoms with van der Waals surface area (Å²) in [6, 6.07) is 0.214. The Balaban J connectivity index is 3.55. The highest BCUT2D eigenvalue weighted by Crippen LogP contribution is 2.28. The van der Waals surface area contributed by atoms with E-state index < -0.39 is 27.2 Å². The molecule has 0 amide bonds. The van der Waals surface area contributed by atoms with E-state index in [2.05, 4.69) is 0 Å². The van der Waals surface area contributed by atoms with Gasteiger partial charge in [-0.3, -0.25) is 4.79 Å². The van der Waals surface area contributed by atoms with Gasteiger partial charge in [0.2, 0.25) is 0 Å². The van der Waals surface area contributed by atoms with Crippen LogP contribution in [0.2, 0.25) is 0 Å². The summed E-state index contributed by atoms with van der Waals surface area (Å²) in [5.41, 5.74) is 13.7. The van der Waals surface area contributed by atoms with Gasteiger partial charge in [0.1, 0.15) is 11.4 Å². The minimum Gasteiger partial charge on any atom is -0.480 e. The minimum atomic E-state index is -4.02. The Labute approximate surface area is 118 Å². The number of carboxylic acids is 1. The first-order valence-corrected chi connectivity index (χ1v) is 7.61. The molecule has 0 bridgehead atoms. The molecule has 6 nitrogen and oxygen atoms in total. The van der Waals surface area contributed by atoms with Crippen LogP contribution in [0.25, 0.3) is 0 Å². The molecule has 5 N–H and O–H groups in total. The van der Waals surface area contributed by atoms with Crippen molar-refractivity contribution in [2.45, 2.75) is 44.0 Å². The smallest absolute Gasteiger partial charge is 0.323 e. The topological polar surface area (TPSA) is 123 Å². The summed E-state index contributed by atoms with van der Waals surface area (Å²) in [6.07, 6.45) is 0. The van der Waals surface area contributed by atoms with Crippen LogP contribution >= 0.6 is 0 Å². The number of nitrogens with two attached hydrogens (primary N) is 2. The molecule has 1 aromatic carbocycles. The van der Waals surface area contributed by atoms with Crippen molar-refractivity contribution in [1.29, 1.82) is 0 Å². The fraction of sp³-hybridized carbons (Fsp3) is 0.462. The van der Waals surface area contributed by atoms with Gasteiger partial charge in [-0.2, -0.15) is 0 Å². The highest BCUT2D eigenvalue weighted by molar-refractivity contribution is 7.92. The van der Waals surface area contributed by atoms with Gasteiger partial charge < -0.3 is 16.6 Å². The van der Waals surface area contributed by atoms with Crippen molar-refractivity contribution in [3.63, 3.8) is 0 Å². The number of sulfone groups is 1. The van der Waals surface area contributed by atoms with Gasteiger partial charge in [-0.15, -0.1) is 0 Å². The lowest BCUT2D eigenvalue weighted by Gasteiger charge is -2.21. The Morgan fingerprint density at radius 1 is 1.10 bits per heavy atom. The van der Waals surface area contributed by atoms with Gasteiger partial charge >= 0.3 is 5.97 Å². The first kappa shape index (κ1) is 16.6. The van der Waals surface area contributed by atoms with Crippen molar-refractivity contribution in [3.05, 3.63) is 28.3 Å². The molecule has 0 spiro atoms. The Hall–Kier alpha value is -1.44. The summed E-state index contributed by atoms with van der Waals surface area (Å²) < 4.78 is 25.1. The van der Waals surface area contributed by atoms with E-state index in [0.717, 1.165) is 11.1 Å². The first-order valence-electron chi connectivity index (χ1n) is 6.07. The zero-order valence-electron chi connectivity index (χ0n) is 12.0. The van der Waals surface area contributed by atoms with E-state index in [1.165, 1.54) is 0 Å². The van der Waals surface area contributed by atoms with E-state index in [-0.39, 0.29) is 4.90 Å². The van der Waals surface area contributed by atoms with Gasteiger partial charge in [-0.25, -0.2) is 8.42 Å². The molecular formula is C13H20N2O4S. The largest absolute Gasteiger partial charge is 0.480 e.